The Hall–Kier alpha value is -1.02. The predicted octanol–water partition coefficient (Wildman–Crippen LogP) is 4.10. The largest absolute Gasteiger partial charge is 0.382 e. The van der Waals surface area contributed by atoms with E-state index in [-0.39, 0.29) is 0 Å². The van der Waals surface area contributed by atoms with Crippen molar-refractivity contribution >= 4 is 5.69 Å². The summed E-state index contributed by atoms with van der Waals surface area (Å²) in [5.41, 5.74) is 2.66. The van der Waals surface area contributed by atoms with Crippen LogP contribution in [0.5, 0.6) is 0 Å². The molecular weight excluding hydrogens is 220 g/mol. The quantitative estimate of drug-likeness (QED) is 0.789. The molecule has 0 saturated heterocycles. The summed E-state index contributed by atoms with van der Waals surface area (Å²) < 4.78 is 0. The van der Waals surface area contributed by atoms with Crippen LogP contribution in [0.4, 0.5) is 5.69 Å². The predicted molar refractivity (Wildman–Crippen MR) is 79.0 cm³/mol. The van der Waals surface area contributed by atoms with Crippen molar-refractivity contribution in [2.24, 2.45) is 0 Å². The van der Waals surface area contributed by atoms with E-state index in [1.54, 1.807) is 0 Å². The van der Waals surface area contributed by atoms with Crippen molar-refractivity contribution < 1.29 is 0 Å². The van der Waals surface area contributed by atoms with Gasteiger partial charge in [0.1, 0.15) is 0 Å². The molecule has 2 rings (SSSR count). The van der Waals surface area contributed by atoms with Crippen LogP contribution >= 0.6 is 0 Å². The van der Waals surface area contributed by atoms with Gasteiger partial charge >= 0.3 is 0 Å². The molecule has 2 heteroatoms. The van der Waals surface area contributed by atoms with Gasteiger partial charge in [-0.1, -0.05) is 31.9 Å². The average molecular weight is 246 g/mol. The molecule has 1 aromatic rings. The van der Waals surface area contributed by atoms with Crippen LogP contribution in [0, 0.1) is 0 Å². The first-order chi connectivity index (χ1) is 8.79. The van der Waals surface area contributed by atoms with Crippen LogP contribution in [0.25, 0.3) is 0 Å². The molecule has 0 spiro atoms. The maximum atomic E-state index is 3.66. The number of nitrogens with one attached hydrogen (secondary N) is 2. The second-order valence-corrected chi connectivity index (χ2v) is 5.43. The second-order valence-electron chi connectivity index (χ2n) is 5.43. The fraction of sp³-hybridized carbons (Fsp3) is 0.625. The molecule has 0 aromatic heterocycles. The van der Waals surface area contributed by atoms with Gasteiger partial charge in [0.15, 0.2) is 0 Å². The van der Waals surface area contributed by atoms with Crippen molar-refractivity contribution in [3.8, 4) is 0 Å². The van der Waals surface area contributed by atoms with Crippen molar-refractivity contribution in [3.63, 3.8) is 0 Å². The highest BCUT2D eigenvalue weighted by Gasteiger charge is 2.14. The molecule has 0 bridgehead atoms. The van der Waals surface area contributed by atoms with E-state index >= 15 is 0 Å². The van der Waals surface area contributed by atoms with Gasteiger partial charge in [0, 0.05) is 17.8 Å². The first-order valence-corrected chi connectivity index (χ1v) is 7.39. The number of hydrogen-bond acceptors (Lipinski definition) is 2. The van der Waals surface area contributed by atoms with Gasteiger partial charge in [-0.3, -0.25) is 0 Å². The Labute approximate surface area is 111 Å². The van der Waals surface area contributed by atoms with Gasteiger partial charge in [-0.2, -0.15) is 0 Å². The van der Waals surface area contributed by atoms with Crippen LogP contribution in [0.1, 0.15) is 57.6 Å². The Kier molecular flexibility index (Phi) is 5.06. The van der Waals surface area contributed by atoms with Crippen LogP contribution in [0.2, 0.25) is 0 Å². The summed E-state index contributed by atoms with van der Waals surface area (Å²) in [5, 5.41) is 7.21. The minimum absolute atomic E-state index is 0.440. The van der Waals surface area contributed by atoms with Crippen LogP contribution < -0.4 is 10.6 Å². The minimum atomic E-state index is 0.440. The standard InChI is InChI=1S/C16H26N2/c1-3-11-17-13(2)14-7-6-10-16(12-14)18-15-8-4-5-9-15/h6-7,10,12-13,15,17-18H,3-5,8-9,11H2,1-2H3. The first kappa shape index (κ1) is 13.4. The minimum Gasteiger partial charge on any atom is -0.382 e. The van der Waals surface area contributed by atoms with E-state index in [1.807, 2.05) is 0 Å². The highest BCUT2D eigenvalue weighted by Crippen LogP contribution is 2.24. The Balaban J connectivity index is 1.95. The molecule has 1 saturated carbocycles. The summed E-state index contributed by atoms with van der Waals surface area (Å²) in [7, 11) is 0. The molecule has 18 heavy (non-hydrogen) atoms. The highest BCUT2D eigenvalue weighted by atomic mass is 14.9. The normalized spacial score (nSPS) is 17.9. The van der Waals surface area contributed by atoms with Crippen molar-refractivity contribution in [2.45, 2.75) is 58.0 Å². The molecule has 0 radical (unpaired) electrons. The summed E-state index contributed by atoms with van der Waals surface area (Å²) >= 11 is 0. The summed E-state index contributed by atoms with van der Waals surface area (Å²) in [5.74, 6) is 0. The summed E-state index contributed by atoms with van der Waals surface area (Å²) in [6.45, 7) is 5.53. The molecular formula is C16H26N2. The topological polar surface area (TPSA) is 24.1 Å². The lowest BCUT2D eigenvalue weighted by Crippen LogP contribution is -2.20. The van der Waals surface area contributed by atoms with Crippen LogP contribution in [-0.2, 0) is 0 Å². The van der Waals surface area contributed by atoms with Crippen molar-refractivity contribution in [3.05, 3.63) is 29.8 Å². The Morgan fingerprint density at radius 3 is 2.78 bits per heavy atom. The Morgan fingerprint density at radius 1 is 1.28 bits per heavy atom. The monoisotopic (exact) mass is 246 g/mol. The number of benzene rings is 1. The fourth-order valence-corrected chi connectivity index (χ4v) is 2.68. The third-order valence-corrected chi connectivity index (χ3v) is 3.81. The van der Waals surface area contributed by atoms with Gasteiger partial charge < -0.3 is 10.6 Å². The van der Waals surface area contributed by atoms with E-state index in [1.165, 1.54) is 43.4 Å². The fourth-order valence-electron chi connectivity index (χ4n) is 2.68. The molecule has 1 aromatic carbocycles. The van der Waals surface area contributed by atoms with Gasteiger partial charge in [0.2, 0.25) is 0 Å². The smallest absolute Gasteiger partial charge is 0.0345 e. The Morgan fingerprint density at radius 2 is 2.06 bits per heavy atom. The van der Waals surface area contributed by atoms with Gasteiger partial charge in [0.25, 0.3) is 0 Å². The number of anilines is 1. The lowest BCUT2D eigenvalue weighted by Gasteiger charge is -2.17. The summed E-state index contributed by atoms with van der Waals surface area (Å²) in [6, 6.07) is 10.00. The molecule has 2 N–H and O–H groups in total. The van der Waals surface area contributed by atoms with Crippen molar-refractivity contribution in [1.82, 2.24) is 5.32 Å². The molecule has 1 fully saturated rings. The number of rotatable bonds is 6. The molecule has 1 unspecified atom stereocenters. The second kappa shape index (κ2) is 6.79. The van der Waals surface area contributed by atoms with Crippen LogP contribution in [-0.4, -0.2) is 12.6 Å². The molecule has 0 amide bonds. The zero-order valence-electron chi connectivity index (χ0n) is 11.7. The summed E-state index contributed by atoms with van der Waals surface area (Å²) in [4.78, 5) is 0. The zero-order chi connectivity index (χ0) is 12.8. The zero-order valence-corrected chi connectivity index (χ0v) is 11.7. The number of hydrogen-bond donors (Lipinski definition) is 2. The molecule has 100 valence electrons. The van der Waals surface area contributed by atoms with E-state index in [2.05, 4.69) is 48.7 Å². The van der Waals surface area contributed by atoms with Crippen LogP contribution in [0.15, 0.2) is 24.3 Å². The average Bonchev–Trinajstić information content (AvgIpc) is 2.89. The van der Waals surface area contributed by atoms with E-state index in [0.29, 0.717) is 12.1 Å². The lowest BCUT2D eigenvalue weighted by atomic mass is 10.1. The van der Waals surface area contributed by atoms with E-state index < -0.39 is 0 Å². The highest BCUT2D eigenvalue weighted by molar-refractivity contribution is 5.47. The van der Waals surface area contributed by atoms with Crippen molar-refractivity contribution in [1.29, 1.82) is 0 Å². The van der Waals surface area contributed by atoms with Crippen LogP contribution in [0.3, 0.4) is 0 Å². The maximum absolute atomic E-state index is 3.66. The molecule has 0 heterocycles. The first-order valence-electron chi connectivity index (χ1n) is 7.39. The molecule has 1 aliphatic rings. The molecule has 0 aliphatic heterocycles. The summed E-state index contributed by atoms with van der Waals surface area (Å²) in [6.07, 6.45) is 6.60. The lowest BCUT2D eigenvalue weighted by molar-refractivity contribution is 0.571. The SMILES string of the molecule is CCCNC(C)c1cccc(NC2CCCC2)c1. The molecule has 2 nitrogen and oxygen atoms in total. The van der Waals surface area contributed by atoms with E-state index in [4.69, 9.17) is 0 Å². The van der Waals surface area contributed by atoms with Gasteiger partial charge in [-0.05, 0) is 50.4 Å². The molecule has 1 atom stereocenters. The van der Waals surface area contributed by atoms with E-state index in [9.17, 15) is 0 Å². The van der Waals surface area contributed by atoms with Gasteiger partial charge in [0.05, 0.1) is 0 Å². The van der Waals surface area contributed by atoms with E-state index in [0.717, 1.165) is 6.54 Å². The maximum Gasteiger partial charge on any atom is 0.0345 e. The third kappa shape index (κ3) is 3.74. The Bertz CT molecular complexity index is 356. The van der Waals surface area contributed by atoms with Crippen molar-refractivity contribution in [2.75, 3.05) is 11.9 Å². The molecule has 1 aliphatic carbocycles. The van der Waals surface area contributed by atoms with Gasteiger partial charge in [-0.15, -0.1) is 0 Å². The third-order valence-electron chi connectivity index (χ3n) is 3.81. The van der Waals surface area contributed by atoms with Gasteiger partial charge in [-0.25, -0.2) is 0 Å².